The zero-order chi connectivity index (χ0) is 16.1. The minimum absolute atomic E-state index is 0.142. The van der Waals surface area contributed by atoms with Crippen LogP contribution in [0.15, 0.2) is 42.1 Å². The number of amides is 2. The summed E-state index contributed by atoms with van der Waals surface area (Å²) >= 11 is 0. The predicted octanol–water partition coefficient (Wildman–Crippen LogP) is 1.10. The number of hydrogen-bond acceptors (Lipinski definition) is 3. The van der Waals surface area contributed by atoms with E-state index in [0.717, 1.165) is 11.3 Å². The van der Waals surface area contributed by atoms with Crippen LogP contribution in [-0.2, 0) is 16.0 Å². The van der Waals surface area contributed by atoms with Crippen molar-refractivity contribution in [2.75, 3.05) is 0 Å². The van der Waals surface area contributed by atoms with Crippen LogP contribution in [0, 0.1) is 5.92 Å². The summed E-state index contributed by atoms with van der Waals surface area (Å²) in [5.41, 5.74) is 7.32. The summed E-state index contributed by atoms with van der Waals surface area (Å²) in [6.07, 6.45) is 2.83. The van der Waals surface area contributed by atoms with Crippen molar-refractivity contribution in [3.05, 3.63) is 47.7 Å². The molecule has 2 amide bonds. The van der Waals surface area contributed by atoms with Gasteiger partial charge in [0.05, 0.1) is 6.04 Å². The van der Waals surface area contributed by atoms with Gasteiger partial charge in [0.2, 0.25) is 11.8 Å². The molecule has 1 aliphatic heterocycles. The molecule has 0 fully saturated rings. The van der Waals surface area contributed by atoms with Crippen molar-refractivity contribution in [2.45, 2.75) is 38.8 Å². The third kappa shape index (κ3) is 4.35. The molecular weight excluding hydrogens is 278 g/mol. The molecule has 0 saturated carbocycles. The van der Waals surface area contributed by atoms with Crippen LogP contribution in [-0.4, -0.2) is 23.9 Å². The highest BCUT2D eigenvalue weighted by molar-refractivity contribution is 5.92. The lowest BCUT2D eigenvalue weighted by atomic mass is 10.0. The van der Waals surface area contributed by atoms with E-state index in [1.807, 2.05) is 44.2 Å². The average molecular weight is 301 g/mol. The molecule has 22 heavy (non-hydrogen) atoms. The molecule has 4 N–H and O–H groups in total. The molecule has 5 heteroatoms. The average Bonchev–Trinajstić information content (AvgIpc) is 2.78. The highest BCUT2D eigenvalue weighted by Crippen LogP contribution is 2.15. The van der Waals surface area contributed by atoms with Gasteiger partial charge in [0, 0.05) is 11.8 Å². The van der Waals surface area contributed by atoms with Crippen LogP contribution in [0.1, 0.15) is 25.8 Å². The quantitative estimate of drug-likeness (QED) is 0.705. The highest BCUT2D eigenvalue weighted by atomic mass is 16.2. The van der Waals surface area contributed by atoms with E-state index >= 15 is 0 Å². The number of rotatable bonds is 7. The van der Waals surface area contributed by atoms with E-state index in [9.17, 15) is 9.59 Å². The molecule has 0 radical (unpaired) electrons. The van der Waals surface area contributed by atoms with Gasteiger partial charge >= 0.3 is 0 Å². The smallest absolute Gasteiger partial charge is 0.246 e. The number of carbonyl (C=O) groups is 2. The number of hydrogen-bond donors (Lipinski definition) is 3. The molecule has 2 rings (SSSR count). The molecule has 1 aromatic carbocycles. The summed E-state index contributed by atoms with van der Waals surface area (Å²) in [6, 6.07) is 9.31. The first-order chi connectivity index (χ1) is 10.5. The Morgan fingerprint density at radius 3 is 2.59 bits per heavy atom. The Bertz CT molecular complexity index is 567. The summed E-state index contributed by atoms with van der Waals surface area (Å²) in [7, 11) is 0. The monoisotopic (exact) mass is 301 g/mol. The van der Waals surface area contributed by atoms with E-state index in [4.69, 9.17) is 5.73 Å². The summed E-state index contributed by atoms with van der Waals surface area (Å²) < 4.78 is 0. The Hall–Kier alpha value is -2.30. The van der Waals surface area contributed by atoms with Crippen LogP contribution in [0.2, 0.25) is 0 Å². The van der Waals surface area contributed by atoms with Gasteiger partial charge in [0.1, 0.15) is 6.04 Å². The number of carbonyl (C=O) groups excluding carboxylic acids is 2. The van der Waals surface area contributed by atoms with Gasteiger partial charge in [-0.1, -0.05) is 44.2 Å². The van der Waals surface area contributed by atoms with Gasteiger partial charge in [0.25, 0.3) is 0 Å². The van der Waals surface area contributed by atoms with Crippen LogP contribution >= 0.6 is 0 Å². The van der Waals surface area contributed by atoms with Gasteiger partial charge in [-0.2, -0.15) is 0 Å². The van der Waals surface area contributed by atoms with Crippen molar-refractivity contribution in [1.82, 2.24) is 10.6 Å². The molecule has 2 atom stereocenters. The van der Waals surface area contributed by atoms with E-state index in [0.29, 0.717) is 18.8 Å². The molecular formula is C17H23N3O2. The topological polar surface area (TPSA) is 84.2 Å². The minimum Gasteiger partial charge on any atom is -0.375 e. The maximum absolute atomic E-state index is 11.7. The second-order valence-corrected chi connectivity index (χ2v) is 6.08. The van der Waals surface area contributed by atoms with Crippen molar-refractivity contribution < 1.29 is 9.59 Å². The fraction of sp³-hybridized carbons (Fsp3) is 0.412. The Morgan fingerprint density at radius 2 is 2.00 bits per heavy atom. The molecule has 0 saturated heterocycles. The van der Waals surface area contributed by atoms with Gasteiger partial charge in [-0.3, -0.25) is 9.59 Å². The van der Waals surface area contributed by atoms with Crippen molar-refractivity contribution in [3.63, 3.8) is 0 Å². The summed E-state index contributed by atoms with van der Waals surface area (Å²) in [5, 5.41) is 6.05. The third-order valence-electron chi connectivity index (χ3n) is 3.65. The van der Waals surface area contributed by atoms with E-state index in [1.54, 1.807) is 0 Å². The molecule has 0 aromatic heterocycles. The van der Waals surface area contributed by atoms with Crippen molar-refractivity contribution in [2.24, 2.45) is 11.7 Å². The van der Waals surface area contributed by atoms with Crippen LogP contribution in [0.3, 0.4) is 0 Å². The fourth-order valence-electron chi connectivity index (χ4n) is 2.60. The largest absolute Gasteiger partial charge is 0.375 e. The lowest BCUT2D eigenvalue weighted by Gasteiger charge is -2.23. The molecule has 0 unspecified atom stereocenters. The maximum Gasteiger partial charge on any atom is 0.246 e. The zero-order valence-electron chi connectivity index (χ0n) is 13.0. The Morgan fingerprint density at radius 1 is 1.32 bits per heavy atom. The molecule has 1 aromatic rings. The van der Waals surface area contributed by atoms with Crippen molar-refractivity contribution in [1.29, 1.82) is 0 Å². The van der Waals surface area contributed by atoms with E-state index in [1.165, 1.54) is 6.08 Å². The zero-order valence-corrected chi connectivity index (χ0v) is 13.0. The van der Waals surface area contributed by atoms with Gasteiger partial charge in [-0.05, 0) is 24.3 Å². The highest BCUT2D eigenvalue weighted by Gasteiger charge is 2.27. The molecule has 1 heterocycles. The van der Waals surface area contributed by atoms with Crippen molar-refractivity contribution >= 4 is 11.8 Å². The number of nitrogens with one attached hydrogen (secondary N) is 2. The van der Waals surface area contributed by atoms with E-state index in [2.05, 4.69) is 10.6 Å². The molecule has 1 aliphatic rings. The fourth-order valence-corrected chi connectivity index (χ4v) is 2.60. The molecule has 5 nitrogen and oxygen atoms in total. The predicted molar refractivity (Wildman–Crippen MR) is 85.7 cm³/mol. The maximum atomic E-state index is 11.7. The van der Waals surface area contributed by atoms with Crippen LogP contribution in [0.5, 0.6) is 0 Å². The molecule has 0 bridgehead atoms. The summed E-state index contributed by atoms with van der Waals surface area (Å²) in [6.45, 7) is 4.07. The summed E-state index contributed by atoms with van der Waals surface area (Å²) in [4.78, 5) is 23.3. The molecule has 0 aliphatic carbocycles. The second kappa shape index (κ2) is 7.11. The standard InChI is InChI=1S/C17H23N3O2/c1-11(2)8-15(17(18)22)19-14-10-16(21)20-13(14)9-12-6-4-3-5-7-12/h3-7,10-11,13,15,19H,8-9H2,1-2H3,(H2,18,22)(H,20,21)/t13-,15-/m0/s1. The second-order valence-electron chi connectivity index (χ2n) is 6.08. The third-order valence-corrected chi connectivity index (χ3v) is 3.65. The van der Waals surface area contributed by atoms with Crippen molar-refractivity contribution in [3.8, 4) is 0 Å². The SMILES string of the molecule is CC(C)C[C@H](NC1=CC(=O)N[C@H]1Cc1ccccc1)C(N)=O. The normalized spacial score (nSPS) is 18.8. The van der Waals surface area contributed by atoms with Crippen LogP contribution < -0.4 is 16.4 Å². The van der Waals surface area contributed by atoms with Gasteiger partial charge in [-0.25, -0.2) is 0 Å². The lowest BCUT2D eigenvalue weighted by molar-refractivity contribution is -0.120. The Balaban J connectivity index is 2.07. The van der Waals surface area contributed by atoms with E-state index < -0.39 is 11.9 Å². The number of primary amides is 1. The first kappa shape index (κ1) is 16.1. The van der Waals surface area contributed by atoms with E-state index in [-0.39, 0.29) is 11.9 Å². The van der Waals surface area contributed by atoms with Gasteiger partial charge < -0.3 is 16.4 Å². The summed E-state index contributed by atoms with van der Waals surface area (Å²) in [5.74, 6) is -0.202. The van der Waals surface area contributed by atoms with Gasteiger partial charge in [0.15, 0.2) is 0 Å². The molecule has 0 spiro atoms. The molecule has 118 valence electrons. The first-order valence-electron chi connectivity index (χ1n) is 7.57. The first-order valence-corrected chi connectivity index (χ1v) is 7.57. The lowest BCUT2D eigenvalue weighted by Crippen LogP contribution is -2.45. The number of nitrogens with two attached hydrogens (primary N) is 1. The minimum atomic E-state index is -0.461. The number of benzene rings is 1. The van der Waals surface area contributed by atoms with Crippen LogP contribution in [0.4, 0.5) is 0 Å². The Labute approximate surface area is 131 Å². The Kier molecular flexibility index (Phi) is 5.20. The van der Waals surface area contributed by atoms with Gasteiger partial charge in [-0.15, -0.1) is 0 Å². The van der Waals surface area contributed by atoms with Crippen LogP contribution in [0.25, 0.3) is 0 Å².